The molecule has 0 aromatic heterocycles. The minimum absolute atomic E-state index is 0.0484. The number of hydrogen-bond acceptors (Lipinski definition) is 3. The molecule has 1 aliphatic carbocycles. The van der Waals surface area contributed by atoms with E-state index in [4.69, 9.17) is 9.84 Å². The van der Waals surface area contributed by atoms with Gasteiger partial charge in [0.05, 0.1) is 19.4 Å². The van der Waals surface area contributed by atoms with Crippen LogP contribution in [0.2, 0.25) is 0 Å². The van der Waals surface area contributed by atoms with Gasteiger partial charge in [-0.05, 0) is 49.4 Å². The summed E-state index contributed by atoms with van der Waals surface area (Å²) in [6.45, 7) is 0. The summed E-state index contributed by atoms with van der Waals surface area (Å²) in [5.41, 5.74) is 0.871. The number of halogens is 1. The van der Waals surface area contributed by atoms with Gasteiger partial charge in [-0.3, -0.25) is 9.59 Å². The molecule has 1 aliphatic rings. The zero-order valence-corrected chi connectivity index (χ0v) is 14.1. The lowest BCUT2D eigenvalue weighted by Gasteiger charge is -2.26. The standard InChI is InChI=1S/C16H20BrNO4/c1-22-13-6-7-14(17)11(8-13)9-15(19)18-12-4-2-10(3-5-12)16(20)21/h6-8,10,12H,2-5,9H2,1H3,(H,18,19)(H,20,21). The maximum atomic E-state index is 12.2. The summed E-state index contributed by atoms with van der Waals surface area (Å²) in [7, 11) is 1.59. The average Bonchev–Trinajstić information content (AvgIpc) is 2.50. The summed E-state index contributed by atoms with van der Waals surface area (Å²) in [5.74, 6) is -0.327. The Bertz CT molecular complexity index is 553. The third-order valence-electron chi connectivity index (χ3n) is 4.05. The summed E-state index contributed by atoms with van der Waals surface area (Å²) in [5, 5.41) is 12.0. The van der Waals surface area contributed by atoms with E-state index in [9.17, 15) is 9.59 Å². The monoisotopic (exact) mass is 369 g/mol. The van der Waals surface area contributed by atoms with Crippen LogP contribution in [0, 0.1) is 5.92 Å². The molecule has 0 unspecified atom stereocenters. The number of hydrogen-bond donors (Lipinski definition) is 2. The second kappa shape index (κ2) is 7.63. The van der Waals surface area contributed by atoms with Crippen LogP contribution in [0.15, 0.2) is 22.7 Å². The predicted octanol–water partition coefficient (Wildman–Crippen LogP) is 2.76. The highest BCUT2D eigenvalue weighted by molar-refractivity contribution is 9.10. The van der Waals surface area contributed by atoms with Crippen molar-refractivity contribution in [3.05, 3.63) is 28.2 Å². The van der Waals surface area contributed by atoms with Crippen LogP contribution >= 0.6 is 15.9 Å². The Kier molecular flexibility index (Phi) is 5.83. The van der Waals surface area contributed by atoms with Gasteiger partial charge in [-0.15, -0.1) is 0 Å². The van der Waals surface area contributed by atoms with E-state index in [1.165, 1.54) is 0 Å². The van der Waals surface area contributed by atoms with Crippen LogP contribution in [0.25, 0.3) is 0 Å². The van der Waals surface area contributed by atoms with Crippen LogP contribution in [-0.2, 0) is 16.0 Å². The smallest absolute Gasteiger partial charge is 0.306 e. The van der Waals surface area contributed by atoms with Gasteiger partial charge in [0.25, 0.3) is 0 Å². The van der Waals surface area contributed by atoms with Gasteiger partial charge in [0.15, 0.2) is 0 Å². The topological polar surface area (TPSA) is 75.6 Å². The Balaban J connectivity index is 1.87. The number of rotatable bonds is 5. The normalized spacial score (nSPS) is 21.2. The molecule has 2 N–H and O–H groups in total. The van der Waals surface area contributed by atoms with Crippen molar-refractivity contribution in [1.29, 1.82) is 0 Å². The first-order chi connectivity index (χ1) is 10.5. The van der Waals surface area contributed by atoms with E-state index in [0.717, 1.165) is 22.9 Å². The van der Waals surface area contributed by atoms with Crippen molar-refractivity contribution >= 4 is 27.8 Å². The molecule has 0 aliphatic heterocycles. The average molecular weight is 370 g/mol. The molecule has 1 fully saturated rings. The van der Waals surface area contributed by atoms with E-state index in [1.807, 2.05) is 18.2 Å². The minimum atomic E-state index is -0.731. The Labute approximate surface area is 138 Å². The van der Waals surface area contributed by atoms with Crippen LogP contribution in [-0.4, -0.2) is 30.1 Å². The van der Waals surface area contributed by atoms with Gasteiger partial charge in [0, 0.05) is 10.5 Å². The van der Waals surface area contributed by atoms with E-state index in [-0.39, 0.29) is 24.3 Å². The van der Waals surface area contributed by atoms with E-state index in [0.29, 0.717) is 18.6 Å². The fourth-order valence-electron chi connectivity index (χ4n) is 2.75. The Morgan fingerprint density at radius 3 is 2.59 bits per heavy atom. The zero-order valence-electron chi connectivity index (χ0n) is 12.5. The first-order valence-corrected chi connectivity index (χ1v) is 8.13. The first kappa shape index (κ1) is 16.8. The van der Waals surface area contributed by atoms with Gasteiger partial charge in [-0.25, -0.2) is 0 Å². The molecule has 5 nitrogen and oxygen atoms in total. The number of carboxylic acids is 1. The highest BCUT2D eigenvalue weighted by Gasteiger charge is 2.26. The molecule has 0 bridgehead atoms. The van der Waals surface area contributed by atoms with Gasteiger partial charge in [0.2, 0.25) is 5.91 Å². The molecule has 6 heteroatoms. The second-order valence-electron chi connectivity index (χ2n) is 5.59. The van der Waals surface area contributed by atoms with E-state index in [1.54, 1.807) is 7.11 Å². The van der Waals surface area contributed by atoms with Crippen LogP contribution in [0.4, 0.5) is 0 Å². The molecular formula is C16H20BrNO4. The molecule has 1 saturated carbocycles. The number of carbonyl (C=O) groups excluding carboxylic acids is 1. The van der Waals surface area contributed by atoms with Gasteiger partial charge in [0.1, 0.15) is 5.75 Å². The van der Waals surface area contributed by atoms with Crippen LogP contribution in [0.1, 0.15) is 31.2 Å². The highest BCUT2D eigenvalue weighted by atomic mass is 79.9. The van der Waals surface area contributed by atoms with Crippen molar-refractivity contribution in [2.75, 3.05) is 7.11 Å². The molecule has 2 rings (SSSR count). The molecule has 1 aromatic rings. The van der Waals surface area contributed by atoms with Crippen molar-refractivity contribution in [2.24, 2.45) is 5.92 Å². The van der Waals surface area contributed by atoms with E-state index >= 15 is 0 Å². The molecule has 22 heavy (non-hydrogen) atoms. The van der Waals surface area contributed by atoms with Crippen LogP contribution < -0.4 is 10.1 Å². The number of benzene rings is 1. The van der Waals surface area contributed by atoms with Gasteiger partial charge >= 0.3 is 5.97 Å². The highest BCUT2D eigenvalue weighted by Crippen LogP contribution is 2.25. The molecular weight excluding hydrogens is 350 g/mol. The van der Waals surface area contributed by atoms with Gasteiger partial charge in [-0.1, -0.05) is 15.9 Å². The minimum Gasteiger partial charge on any atom is -0.497 e. The Morgan fingerprint density at radius 2 is 2.00 bits per heavy atom. The largest absolute Gasteiger partial charge is 0.497 e. The van der Waals surface area contributed by atoms with Crippen LogP contribution in [0.5, 0.6) is 5.75 Å². The maximum Gasteiger partial charge on any atom is 0.306 e. The predicted molar refractivity (Wildman–Crippen MR) is 85.9 cm³/mol. The third kappa shape index (κ3) is 4.47. The van der Waals surface area contributed by atoms with Crippen molar-refractivity contribution in [2.45, 2.75) is 38.1 Å². The van der Waals surface area contributed by atoms with E-state index in [2.05, 4.69) is 21.2 Å². The van der Waals surface area contributed by atoms with Gasteiger partial charge in [-0.2, -0.15) is 0 Å². The van der Waals surface area contributed by atoms with Crippen molar-refractivity contribution in [3.8, 4) is 5.75 Å². The van der Waals surface area contributed by atoms with Crippen molar-refractivity contribution in [3.63, 3.8) is 0 Å². The number of ether oxygens (including phenoxy) is 1. The Morgan fingerprint density at radius 1 is 1.32 bits per heavy atom. The second-order valence-corrected chi connectivity index (χ2v) is 6.44. The lowest BCUT2D eigenvalue weighted by molar-refractivity contribution is -0.142. The molecule has 0 spiro atoms. The molecule has 0 saturated heterocycles. The number of amides is 1. The van der Waals surface area contributed by atoms with Crippen molar-refractivity contribution in [1.82, 2.24) is 5.32 Å². The number of carboxylic acid groups (broad SMARTS) is 1. The summed E-state index contributed by atoms with van der Waals surface area (Å²) < 4.78 is 6.04. The molecule has 0 radical (unpaired) electrons. The number of aliphatic carboxylic acids is 1. The lowest BCUT2D eigenvalue weighted by Crippen LogP contribution is -2.39. The number of nitrogens with one attached hydrogen (secondary N) is 1. The number of carbonyl (C=O) groups is 2. The van der Waals surface area contributed by atoms with E-state index < -0.39 is 5.97 Å². The molecule has 0 atom stereocenters. The SMILES string of the molecule is COc1ccc(Br)c(CC(=O)NC2CCC(C(=O)O)CC2)c1. The lowest BCUT2D eigenvalue weighted by atomic mass is 9.86. The summed E-state index contributed by atoms with van der Waals surface area (Å²) >= 11 is 3.44. The van der Waals surface area contributed by atoms with Crippen molar-refractivity contribution < 1.29 is 19.4 Å². The molecule has 1 amide bonds. The third-order valence-corrected chi connectivity index (χ3v) is 4.82. The summed E-state index contributed by atoms with van der Waals surface area (Å²) in [6, 6.07) is 5.61. The summed E-state index contributed by atoms with van der Waals surface area (Å²) in [4.78, 5) is 23.1. The zero-order chi connectivity index (χ0) is 16.1. The molecule has 0 heterocycles. The quantitative estimate of drug-likeness (QED) is 0.836. The van der Waals surface area contributed by atoms with Crippen LogP contribution in [0.3, 0.4) is 0 Å². The fraction of sp³-hybridized carbons (Fsp3) is 0.500. The summed E-state index contributed by atoms with van der Waals surface area (Å²) in [6.07, 6.45) is 2.98. The van der Waals surface area contributed by atoms with Gasteiger partial charge < -0.3 is 15.2 Å². The fourth-order valence-corrected chi connectivity index (χ4v) is 3.14. The maximum absolute atomic E-state index is 12.2. The Hall–Kier alpha value is -1.56. The first-order valence-electron chi connectivity index (χ1n) is 7.34. The number of methoxy groups -OCH3 is 1. The molecule has 120 valence electrons. The molecule has 1 aromatic carbocycles.